The van der Waals surface area contributed by atoms with E-state index < -0.39 is 0 Å². The van der Waals surface area contributed by atoms with Crippen molar-refractivity contribution in [3.8, 4) is 6.07 Å². The molecule has 6 nitrogen and oxygen atoms in total. The smallest absolute Gasteiger partial charge is 0.241 e. The molecule has 0 saturated heterocycles. The highest BCUT2D eigenvalue weighted by Gasteiger charge is 2.18. The van der Waals surface area contributed by atoms with Gasteiger partial charge >= 0.3 is 0 Å². The highest BCUT2D eigenvalue weighted by atomic mass is 79.9. The number of para-hydroxylation sites is 1. The molecular formula is C21H23BrN4O2. The number of nitriles is 1. The van der Waals surface area contributed by atoms with Gasteiger partial charge in [0.25, 0.3) is 0 Å². The van der Waals surface area contributed by atoms with Gasteiger partial charge in [0, 0.05) is 22.4 Å². The van der Waals surface area contributed by atoms with Crippen LogP contribution in [0.3, 0.4) is 0 Å². The molecule has 0 aromatic heterocycles. The van der Waals surface area contributed by atoms with E-state index in [9.17, 15) is 9.59 Å². The zero-order valence-corrected chi connectivity index (χ0v) is 17.6. The Morgan fingerprint density at radius 3 is 2.50 bits per heavy atom. The number of anilines is 2. The summed E-state index contributed by atoms with van der Waals surface area (Å²) >= 11 is 3.40. The molecule has 0 aliphatic heterocycles. The fourth-order valence-electron chi connectivity index (χ4n) is 2.74. The summed E-state index contributed by atoms with van der Waals surface area (Å²) in [6.07, 6.45) is 0.244. The van der Waals surface area contributed by atoms with Crippen LogP contribution in [0.25, 0.3) is 0 Å². The third-order valence-electron chi connectivity index (χ3n) is 4.10. The summed E-state index contributed by atoms with van der Waals surface area (Å²) in [4.78, 5) is 28.3. The van der Waals surface area contributed by atoms with Crippen molar-refractivity contribution >= 4 is 39.1 Å². The standard InChI is InChI=1S/C21H23BrN4O2/c1-16-13-17(22)9-10-19(16)24-20(27)14-25(2)15-21(28)26(12-6-11-23)18-7-4-3-5-8-18/h3-5,7-10,13H,6,12,14-15H2,1-2H3,(H,24,27). The second-order valence-corrected chi connectivity index (χ2v) is 7.38. The Bertz CT molecular complexity index is 864. The van der Waals surface area contributed by atoms with Gasteiger partial charge in [-0.05, 0) is 49.9 Å². The first-order valence-electron chi connectivity index (χ1n) is 8.87. The van der Waals surface area contributed by atoms with E-state index in [0.29, 0.717) is 6.54 Å². The van der Waals surface area contributed by atoms with Gasteiger partial charge in [-0.2, -0.15) is 5.26 Å². The lowest BCUT2D eigenvalue weighted by molar-refractivity contribution is -0.121. The average molecular weight is 443 g/mol. The van der Waals surface area contributed by atoms with E-state index in [1.165, 1.54) is 0 Å². The number of halogens is 1. The van der Waals surface area contributed by atoms with Gasteiger partial charge in [-0.25, -0.2) is 0 Å². The molecule has 0 aliphatic carbocycles. The van der Waals surface area contributed by atoms with E-state index in [1.807, 2.05) is 55.5 Å². The van der Waals surface area contributed by atoms with E-state index in [-0.39, 0.29) is 31.3 Å². The van der Waals surface area contributed by atoms with Crippen molar-refractivity contribution in [2.75, 3.05) is 36.9 Å². The molecule has 2 rings (SSSR count). The van der Waals surface area contributed by atoms with Crippen LogP contribution in [0.2, 0.25) is 0 Å². The Labute approximate surface area is 173 Å². The molecule has 0 radical (unpaired) electrons. The lowest BCUT2D eigenvalue weighted by Crippen LogP contribution is -2.42. The quantitative estimate of drug-likeness (QED) is 0.677. The summed E-state index contributed by atoms with van der Waals surface area (Å²) in [5.74, 6) is -0.347. The van der Waals surface area contributed by atoms with Crippen LogP contribution in [0.1, 0.15) is 12.0 Å². The maximum absolute atomic E-state index is 12.7. The molecule has 2 aromatic rings. The van der Waals surface area contributed by atoms with Crippen molar-refractivity contribution in [2.45, 2.75) is 13.3 Å². The van der Waals surface area contributed by atoms with E-state index in [1.54, 1.807) is 16.8 Å². The van der Waals surface area contributed by atoms with Crippen molar-refractivity contribution in [3.63, 3.8) is 0 Å². The molecule has 0 unspecified atom stereocenters. The minimum absolute atomic E-state index is 0.0765. The number of hydrogen-bond acceptors (Lipinski definition) is 4. The SMILES string of the molecule is Cc1cc(Br)ccc1NC(=O)CN(C)CC(=O)N(CCC#N)c1ccccc1. The van der Waals surface area contributed by atoms with Crippen LogP contribution in [0.15, 0.2) is 53.0 Å². The normalized spacial score (nSPS) is 10.4. The summed E-state index contributed by atoms with van der Waals surface area (Å²) in [5.41, 5.74) is 2.44. The molecule has 0 spiro atoms. The molecule has 2 aromatic carbocycles. The zero-order chi connectivity index (χ0) is 20.5. The number of hydrogen-bond donors (Lipinski definition) is 1. The lowest BCUT2D eigenvalue weighted by atomic mass is 10.2. The fourth-order valence-corrected chi connectivity index (χ4v) is 3.22. The summed E-state index contributed by atoms with van der Waals surface area (Å²) < 4.78 is 0.948. The lowest BCUT2D eigenvalue weighted by Gasteiger charge is -2.25. The Morgan fingerprint density at radius 2 is 1.86 bits per heavy atom. The highest BCUT2D eigenvalue weighted by Crippen LogP contribution is 2.20. The zero-order valence-electron chi connectivity index (χ0n) is 16.0. The maximum Gasteiger partial charge on any atom is 0.241 e. The second kappa shape index (κ2) is 10.6. The highest BCUT2D eigenvalue weighted by molar-refractivity contribution is 9.10. The molecule has 0 fully saturated rings. The first kappa shape index (κ1) is 21.6. The molecule has 7 heteroatoms. The molecule has 0 bridgehead atoms. The molecule has 0 atom stereocenters. The van der Waals surface area contributed by atoms with Gasteiger partial charge < -0.3 is 10.2 Å². The molecule has 0 heterocycles. The van der Waals surface area contributed by atoms with Crippen molar-refractivity contribution in [2.24, 2.45) is 0 Å². The predicted octanol–water partition coefficient (Wildman–Crippen LogP) is 3.57. The topological polar surface area (TPSA) is 76.4 Å². The molecule has 0 saturated carbocycles. The van der Waals surface area contributed by atoms with Gasteiger partial charge in [0.05, 0.1) is 25.6 Å². The number of nitrogens with zero attached hydrogens (tertiary/aromatic N) is 3. The van der Waals surface area contributed by atoms with Crippen LogP contribution in [0.5, 0.6) is 0 Å². The number of likely N-dealkylation sites (N-methyl/N-ethyl adjacent to an activating group) is 1. The molecular weight excluding hydrogens is 420 g/mol. The summed E-state index contributed by atoms with van der Waals surface area (Å²) in [7, 11) is 1.72. The van der Waals surface area contributed by atoms with Crippen molar-refractivity contribution in [1.29, 1.82) is 5.26 Å². The van der Waals surface area contributed by atoms with Crippen molar-refractivity contribution in [1.82, 2.24) is 4.90 Å². The third-order valence-corrected chi connectivity index (χ3v) is 4.59. The van der Waals surface area contributed by atoms with Crippen LogP contribution in [0.4, 0.5) is 11.4 Å². The van der Waals surface area contributed by atoms with E-state index in [4.69, 9.17) is 5.26 Å². The number of rotatable bonds is 8. The third kappa shape index (κ3) is 6.48. The van der Waals surface area contributed by atoms with Crippen molar-refractivity contribution in [3.05, 3.63) is 58.6 Å². The van der Waals surface area contributed by atoms with Crippen LogP contribution in [-0.4, -0.2) is 43.4 Å². The molecule has 2 amide bonds. The predicted molar refractivity (Wildman–Crippen MR) is 114 cm³/mol. The number of nitrogens with one attached hydrogen (secondary N) is 1. The average Bonchev–Trinajstić information content (AvgIpc) is 2.65. The van der Waals surface area contributed by atoms with Crippen LogP contribution in [-0.2, 0) is 9.59 Å². The summed E-state index contributed by atoms with van der Waals surface area (Å²) in [5, 5.41) is 11.7. The molecule has 1 N–H and O–H groups in total. The van der Waals surface area contributed by atoms with Gasteiger partial charge in [-0.15, -0.1) is 0 Å². The van der Waals surface area contributed by atoms with Crippen LogP contribution in [0, 0.1) is 18.3 Å². The second-order valence-electron chi connectivity index (χ2n) is 6.47. The molecule has 146 valence electrons. The van der Waals surface area contributed by atoms with E-state index in [0.717, 1.165) is 21.4 Å². The summed E-state index contributed by atoms with van der Waals surface area (Å²) in [6, 6.07) is 16.9. The number of benzene rings is 2. The summed E-state index contributed by atoms with van der Waals surface area (Å²) in [6.45, 7) is 2.40. The van der Waals surface area contributed by atoms with Gasteiger partial charge in [-0.3, -0.25) is 14.5 Å². The monoisotopic (exact) mass is 442 g/mol. The largest absolute Gasteiger partial charge is 0.325 e. The van der Waals surface area contributed by atoms with E-state index >= 15 is 0 Å². The van der Waals surface area contributed by atoms with Crippen LogP contribution < -0.4 is 10.2 Å². The first-order valence-corrected chi connectivity index (χ1v) is 9.67. The minimum atomic E-state index is -0.191. The maximum atomic E-state index is 12.7. The van der Waals surface area contributed by atoms with Crippen LogP contribution >= 0.6 is 15.9 Å². The van der Waals surface area contributed by atoms with Gasteiger partial charge in [0.2, 0.25) is 11.8 Å². The van der Waals surface area contributed by atoms with Gasteiger partial charge in [-0.1, -0.05) is 34.1 Å². The first-order chi connectivity index (χ1) is 13.4. The molecule has 0 aliphatic rings. The van der Waals surface area contributed by atoms with Gasteiger partial charge in [0.15, 0.2) is 0 Å². The number of amides is 2. The Morgan fingerprint density at radius 1 is 1.14 bits per heavy atom. The fraction of sp³-hybridized carbons (Fsp3) is 0.286. The molecule has 28 heavy (non-hydrogen) atoms. The van der Waals surface area contributed by atoms with Gasteiger partial charge in [0.1, 0.15) is 0 Å². The Kier molecular flexibility index (Phi) is 8.18. The number of carbonyl (C=O) groups is 2. The van der Waals surface area contributed by atoms with E-state index in [2.05, 4.69) is 27.3 Å². The number of aryl methyl sites for hydroxylation is 1. The Balaban J connectivity index is 1.95. The Hall–Kier alpha value is -2.69. The van der Waals surface area contributed by atoms with Crippen molar-refractivity contribution < 1.29 is 9.59 Å². The minimum Gasteiger partial charge on any atom is -0.325 e. The number of carbonyl (C=O) groups excluding carboxylic acids is 2.